The molecule has 1 aromatic carbocycles. The van der Waals surface area contributed by atoms with Gasteiger partial charge in [0.05, 0.1) is 7.11 Å². The Bertz CT molecular complexity index is 779. The van der Waals surface area contributed by atoms with Crippen LogP contribution in [0.2, 0.25) is 0 Å². The van der Waals surface area contributed by atoms with Crippen LogP contribution >= 0.6 is 0 Å². The predicted molar refractivity (Wildman–Crippen MR) is 89.1 cm³/mol. The van der Waals surface area contributed by atoms with Crippen LogP contribution in [0.15, 0.2) is 29.1 Å². The number of methoxy groups -OCH3 is 1. The monoisotopic (exact) mass is 329 g/mol. The third-order valence-electron chi connectivity index (χ3n) is 4.07. The van der Waals surface area contributed by atoms with Gasteiger partial charge in [-0.15, -0.1) is 10.2 Å². The number of aromatic nitrogens is 3. The van der Waals surface area contributed by atoms with Crippen LogP contribution in [0.4, 0.5) is 5.95 Å². The molecule has 3 rings (SSSR count). The maximum absolute atomic E-state index is 12.3. The highest BCUT2D eigenvalue weighted by atomic mass is 16.5. The smallest absolute Gasteiger partial charge is 0.279 e. The number of nitrogens with one attached hydrogen (secondary N) is 1. The van der Waals surface area contributed by atoms with E-state index in [4.69, 9.17) is 4.74 Å². The highest BCUT2D eigenvalue weighted by Crippen LogP contribution is 2.18. The Kier molecular flexibility index (Phi) is 4.45. The average Bonchev–Trinajstić information content (AvgIpc) is 2.62. The highest BCUT2D eigenvalue weighted by Gasteiger charge is 2.21. The lowest BCUT2D eigenvalue weighted by molar-refractivity contribution is -0.129. The minimum Gasteiger partial charge on any atom is -0.497 e. The van der Waals surface area contributed by atoms with Crippen LogP contribution in [0.3, 0.4) is 0 Å². The summed E-state index contributed by atoms with van der Waals surface area (Å²) in [6.07, 6.45) is 0. The van der Waals surface area contributed by atoms with Gasteiger partial charge in [-0.25, -0.2) is 0 Å². The first kappa shape index (κ1) is 16.0. The molecule has 0 spiro atoms. The molecule has 0 saturated carbocycles. The third kappa shape index (κ3) is 3.22. The molecule has 8 heteroatoms. The van der Waals surface area contributed by atoms with Crippen molar-refractivity contribution in [3.05, 3.63) is 34.6 Å². The molecule has 1 N–H and O–H groups in total. The number of carbonyl (C=O) groups excluding carboxylic acids is 1. The molecule has 0 bridgehead atoms. The van der Waals surface area contributed by atoms with Crippen molar-refractivity contribution in [1.29, 1.82) is 0 Å². The summed E-state index contributed by atoms with van der Waals surface area (Å²) in [5.41, 5.74) is 0.653. The summed E-state index contributed by atoms with van der Waals surface area (Å²) in [6.45, 7) is 4.01. The molecule has 8 nitrogen and oxygen atoms in total. The Morgan fingerprint density at radius 2 is 1.79 bits per heavy atom. The molecule has 0 aliphatic carbocycles. The second-order valence-corrected chi connectivity index (χ2v) is 5.55. The Labute approximate surface area is 139 Å². The lowest BCUT2D eigenvalue weighted by Crippen LogP contribution is -2.49. The van der Waals surface area contributed by atoms with Crippen molar-refractivity contribution in [2.24, 2.45) is 0 Å². The van der Waals surface area contributed by atoms with Gasteiger partial charge in [-0.05, 0) is 24.3 Å². The van der Waals surface area contributed by atoms with Gasteiger partial charge in [0.1, 0.15) is 5.75 Å². The molecule has 1 amide bonds. The number of hydrogen-bond acceptors (Lipinski definition) is 6. The SMILES string of the molecule is COc1ccc(-c2nnc(N3CCN(C(C)=O)CC3)[nH]c2=O)cc1. The lowest BCUT2D eigenvalue weighted by atomic mass is 10.1. The van der Waals surface area contributed by atoms with E-state index in [9.17, 15) is 9.59 Å². The van der Waals surface area contributed by atoms with Crippen molar-refractivity contribution in [3.8, 4) is 17.0 Å². The van der Waals surface area contributed by atoms with Gasteiger partial charge in [0.25, 0.3) is 5.56 Å². The van der Waals surface area contributed by atoms with E-state index >= 15 is 0 Å². The summed E-state index contributed by atoms with van der Waals surface area (Å²) < 4.78 is 5.10. The quantitative estimate of drug-likeness (QED) is 0.882. The molecular weight excluding hydrogens is 310 g/mol. The predicted octanol–water partition coefficient (Wildman–Crippen LogP) is 0.509. The summed E-state index contributed by atoms with van der Waals surface area (Å²) in [5, 5.41) is 8.21. The zero-order valence-corrected chi connectivity index (χ0v) is 13.7. The molecule has 1 aliphatic heterocycles. The fourth-order valence-corrected chi connectivity index (χ4v) is 2.64. The number of piperazine rings is 1. The van der Waals surface area contributed by atoms with Gasteiger partial charge >= 0.3 is 0 Å². The normalized spacial score (nSPS) is 14.6. The molecule has 2 heterocycles. The molecule has 0 atom stereocenters. The van der Waals surface area contributed by atoms with Crippen molar-refractivity contribution in [2.75, 3.05) is 38.2 Å². The zero-order valence-electron chi connectivity index (χ0n) is 13.7. The van der Waals surface area contributed by atoms with Crippen LogP contribution in [0, 0.1) is 0 Å². The molecular formula is C16H19N5O3. The molecule has 2 aromatic rings. The summed E-state index contributed by atoms with van der Waals surface area (Å²) >= 11 is 0. The number of nitrogens with zero attached hydrogens (tertiary/aromatic N) is 4. The maximum atomic E-state index is 12.3. The molecule has 0 radical (unpaired) electrons. The van der Waals surface area contributed by atoms with E-state index in [0.717, 1.165) is 0 Å². The standard InChI is InChI=1S/C16H19N5O3/c1-11(22)20-7-9-21(10-8-20)16-17-15(23)14(18-19-16)12-3-5-13(24-2)6-4-12/h3-6H,7-10H2,1-2H3,(H,17,19,23). The zero-order chi connectivity index (χ0) is 17.1. The second kappa shape index (κ2) is 6.69. The van der Waals surface area contributed by atoms with E-state index in [1.807, 2.05) is 4.90 Å². The number of aromatic amines is 1. The average molecular weight is 329 g/mol. The number of carbonyl (C=O) groups is 1. The van der Waals surface area contributed by atoms with E-state index in [1.54, 1.807) is 43.2 Å². The van der Waals surface area contributed by atoms with Crippen LogP contribution < -0.4 is 15.2 Å². The third-order valence-corrected chi connectivity index (χ3v) is 4.07. The van der Waals surface area contributed by atoms with Crippen molar-refractivity contribution < 1.29 is 9.53 Å². The van der Waals surface area contributed by atoms with Gasteiger partial charge in [0.2, 0.25) is 11.9 Å². The lowest BCUT2D eigenvalue weighted by Gasteiger charge is -2.34. The van der Waals surface area contributed by atoms with Gasteiger partial charge in [-0.1, -0.05) is 0 Å². The van der Waals surface area contributed by atoms with E-state index < -0.39 is 0 Å². The molecule has 0 unspecified atom stereocenters. The first-order valence-electron chi connectivity index (χ1n) is 7.70. The number of hydrogen-bond donors (Lipinski definition) is 1. The maximum Gasteiger partial charge on any atom is 0.279 e. The number of amides is 1. The van der Waals surface area contributed by atoms with E-state index in [1.165, 1.54) is 0 Å². The molecule has 1 aliphatic rings. The number of H-pyrrole nitrogens is 1. The second-order valence-electron chi connectivity index (χ2n) is 5.55. The van der Waals surface area contributed by atoms with Gasteiger partial charge in [-0.2, -0.15) is 0 Å². The van der Waals surface area contributed by atoms with E-state index in [0.29, 0.717) is 43.4 Å². The minimum atomic E-state index is -0.292. The van der Waals surface area contributed by atoms with Crippen LogP contribution in [-0.2, 0) is 4.79 Å². The number of benzene rings is 1. The summed E-state index contributed by atoms with van der Waals surface area (Å²) in [4.78, 5) is 30.2. The Morgan fingerprint density at radius 1 is 1.12 bits per heavy atom. The molecule has 126 valence electrons. The fourth-order valence-electron chi connectivity index (χ4n) is 2.64. The highest BCUT2D eigenvalue weighted by molar-refractivity contribution is 5.73. The Hall–Kier alpha value is -2.90. The molecule has 1 saturated heterocycles. The van der Waals surface area contributed by atoms with Crippen LogP contribution in [-0.4, -0.2) is 59.3 Å². The van der Waals surface area contributed by atoms with Gasteiger partial charge in [0, 0.05) is 38.7 Å². The Balaban J connectivity index is 1.77. The van der Waals surface area contributed by atoms with Crippen molar-refractivity contribution in [2.45, 2.75) is 6.92 Å². The van der Waals surface area contributed by atoms with E-state index in [2.05, 4.69) is 15.2 Å². The summed E-state index contributed by atoms with van der Waals surface area (Å²) in [6, 6.07) is 7.07. The summed E-state index contributed by atoms with van der Waals surface area (Å²) in [7, 11) is 1.59. The first-order chi connectivity index (χ1) is 11.6. The topological polar surface area (TPSA) is 91.4 Å². The van der Waals surface area contributed by atoms with E-state index in [-0.39, 0.29) is 17.2 Å². The van der Waals surface area contributed by atoms with Crippen LogP contribution in [0.25, 0.3) is 11.3 Å². The van der Waals surface area contributed by atoms with Gasteiger partial charge in [0.15, 0.2) is 5.69 Å². The largest absolute Gasteiger partial charge is 0.497 e. The van der Waals surface area contributed by atoms with Crippen LogP contribution in [0.1, 0.15) is 6.92 Å². The van der Waals surface area contributed by atoms with Crippen LogP contribution in [0.5, 0.6) is 5.75 Å². The fraction of sp³-hybridized carbons (Fsp3) is 0.375. The van der Waals surface area contributed by atoms with Crippen molar-refractivity contribution in [3.63, 3.8) is 0 Å². The number of ether oxygens (including phenoxy) is 1. The Morgan fingerprint density at radius 3 is 2.33 bits per heavy atom. The molecule has 1 fully saturated rings. The van der Waals surface area contributed by atoms with Gasteiger partial charge in [-0.3, -0.25) is 14.6 Å². The number of rotatable bonds is 3. The molecule has 1 aromatic heterocycles. The minimum absolute atomic E-state index is 0.0593. The van der Waals surface area contributed by atoms with Crippen molar-refractivity contribution >= 4 is 11.9 Å². The van der Waals surface area contributed by atoms with Crippen molar-refractivity contribution in [1.82, 2.24) is 20.1 Å². The first-order valence-corrected chi connectivity index (χ1v) is 7.70. The summed E-state index contributed by atoms with van der Waals surface area (Å²) in [5.74, 6) is 1.20. The molecule has 24 heavy (non-hydrogen) atoms. The van der Waals surface area contributed by atoms with Gasteiger partial charge < -0.3 is 14.5 Å². The number of anilines is 1.